The predicted octanol–water partition coefficient (Wildman–Crippen LogP) is 1.97. The molecule has 0 spiro atoms. The summed E-state index contributed by atoms with van der Waals surface area (Å²) in [5.41, 5.74) is 0.542. The van der Waals surface area contributed by atoms with E-state index in [9.17, 15) is 14.4 Å². The molecule has 2 amide bonds. The number of nitrogens with zero attached hydrogens (tertiary/aromatic N) is 3. The lowest BCUT2D eigenvalue weighted by molar-refractivity contribution is -0.128. The first-order valence-electron chi connectivity index (χ1n) is 10.0. The number of nitrogens with one attached hydrogen (secondary N) is 1. The highest BCUT2D eigenvalue weighted by Crippen LogP contribution is 2.33. The Morgan fingerprint density at radius 2 is 1.94 bits per heavy atom. The quantitative estimate of drug-likeness (QED) is 0.569. The fourth-order valence-corrected chi connectivity index (χ4v) is 3.20. The lowest BCUT2D eigenvalue weighted by Crippen LogP contribution is -2.51. The summed E-state index contributed by atoms with van der Waals surface area (Å²) in [5.74, 6) is -0.847. The second kappa shape index (κ2) is 9.77. The van der Waals surface area contributed by atoms with Gasteiger partial charge in [-0.2, -0.15) is 0 Å². The molecular weight excluding hydrogens is 428 g/mol. The van der Waals surface area contributed by atoms with Crippen LogP contribution < -0.4 is 19.7 Å². The van der Waals surface area contributed by atoms with Crippen LogP contribution in [0, 0.1) is 0 Å². The number of fused-ring (bicyclic) bond motifs is 1. The first-order chi connectivity index (χ1) is 16.1. The summed E-state index contributed by atoms with van der Waals surface area (Å²) < 4.78 is 16.6. The third-order valence-electron chi connectivity index (χ3n) is 4.78. The molecule has 1 aromatic carbocycles. The monoisotopic (exact) mass is 448 g/mol. The molecule has 0 fully saturated rings. The number of carbonyl (C=O) groups excluding carboxylic acids is 3. The van der Waals surface area contributed by atoms with Gasteiger partial charge in [-0.25, -0.2) is 9.78 Å². The number of pyridine rings is 2. The molecule has 10 nitrogen and oxygen atoms in total. The summed E-state index contributed by atoms with van der Waals surface area (Å²) in [4.78, 5) is 47.1. The van der Waals surface area contributed by atoms with Crippen molar-refractivity contribution in [3.05, 3.63) is 72.7 Å². The Labute approximate surface area is 189 Å². The first kappa shape index (κ1) is 21.8. The number of benzene rings is 1. The minimum Gasteiger partial charge on any atom is -0.477 e. The molecule has 33 heavy (non-hydrogen) atoms. The summed E-state index contributed by atoms with van der Waals surface area (Å²) in [6.45, 7) is -0.565. The third kappa shape index (κ3) is 4.90. The van der Waals surface area contributed by atoms with E-state index in [1.54, 1.807) is 48.7 Å². The van der Waals surface area contributed by atoms with Gasteiger partial charge in [-0.15, -0.1) is 0 Å². The first-order valence-corrected chi connectivity index (χ1v) is 10.0. The zero-order valence-electron chi connectivity index (χ0n) is 17.6. The molecule has 1 aliphatic rings. The molecule has 4 rings (SSSR count). The molecule has 1 aliphatic heterocycles. The van der Waals surface area contributed by atoms with Gasteiger partial charge in [0.05, 0.1) is 18.4 Å². The number of anilines is 1. The number of aromatic nitrogens is 2. The van der Waals surface area contributed by atoms with Crippen LogP contribution in [0.25, 0.3) is 0 Å². The van der Waals surface area contributed by atoms with Crippen LogP contribution in [0.5, 0.6) is 17.4 Å². The summed E-state index contributed by atoms with van der Waals surface area (Å²) >= 11 is 0. The van der Waals surface area contributed by atoms with Crippen LogP contribution in [0.1, 0.15) is 10.4 Å². The summed E-state index contributed by atoms with van der Waals surface area (Å²) in [7, 11) is 1.49. The lowest BCUT2D eigenvalue weighted by atomic mass is 10.1. The van der Waals surface area contributed by atoms with Crippen molar-refractivity contribution in [1.29, 1.82) is 0 Å². The van der Waals surface area contributed by atoms with Gasteiger partial charge in [0.25, 0.3) is 11.8 Å². The fraction of sp³-hybridized carbons (Fsp3) is 0.174. The molecule has 0 aliphatic carbocycles. The second-order valence-electron chi connectivity index (χ2n) is 6.92. The van der Waals surface area contributed by atoms with E-state index in [2.05, 4.69) is 15.3 Å². The molecule has 0 saturated carbocycles. The van der Waals surface area contributed by atoms with Crippen LogP contribution in [0.3, 0.4) is 0 Å². The highest BCUT2D eigenvalue weighted by Gasteiger charge is 2.33. The Hall–Kier alpha value is -4.47. The van der Waals surface area contributed by atoms with Crippen LogP contribution in [-0.4, -0.2) is 54.1 Å². The van der Waals surface area contributed by atoms with Crippen molar-refractivity contribution in [2.45, 2.75) is 6.10 Å². The number of esters is 1. The van der Waals surface area contributed by atoms with Crippen LogP contribution >= 0.6 is 0 Å². The second-order valence-corrected chi connectivity index (χ2v) is 6.92. The summed E-state index contributed by atoms with van der Waals surface area (Å²) in [6, 6.07) is 13.2. The SMILES string of the molecule is CNC(=O)C1CN(C(=O)COC(=O)c2cccnc2Oc2cccnc2)c2ccccc2O1. The van der Waals surface area contributed by atoms with Crippen molar-refractivity contribution >= 4 is 23.5 Å². The Kier molecular flexibility index (Phi) is 6.44. The highest BCUT2D eigenvalue weighted by atomic mass is 16.5. The predicted molar refractivity (Wildman–Crippen MR) is 116 cm³/mol. The van der Waals surface area contributed by atoms with Crippen molar-refractivity contribution < 1.29 is 28.6 Å². The van der Waals surface area contributed by atoms with Gasteiger partial charge in [-0.1, -0.05) is 12.1 Å². The van der Waals surface area contributed by atoms with Crippen LogP contribution in [-0.2, 0) is 14.3 Å². The Morgan fingerprint density at radius 3 is 2.73 bits per heavy atom. The van der Waals surface area contributed by atoms with E-state index >= 15 is 0 Å². The van der Waals surface area contributed by atoms with Crippen LogP contribution in [0.4, 0.5) is 5.69 Å². The molecule has 168 valence electrons. The molecule has 0 radical (unpaired) electrons. The molecule has 1 unspecified atom stereocenters. The number of para-hydroxylation sites is 2. The zero-order chi connectivity index (χ0) is 23.2. The van der Waals surface area contributed by atoms with E-state index in [4.69, 9.17) is 14.2 Å². The molecule has 2 aromatic heterocycles. The Morgan fingerprint density at radius 1 is 1.12 bits per heavy atom. The largest absolute Gasteiger partial charge is 0.477 e. The molecule has 10 heteroatoms. The number of hydrogen-bond acceptors (Lipinski definition) is 8. The van der Waals surface area contributed by atoms with E-state index in [1.807, 2.05) is 0 Å². The number of carbonyl (C=O) groups is 3. The van der Waals surface area contributed by atoms with Gasteiger partial charge in [0.1, 0.15) is 17.1 Å². The van der Waals surface area contributed by atoms with Crippen molar-refractivity contribution in [2.75, 3.05) is 25.1 Å². The highest BCUT2D eigenvalue weighted by molar-refractivity contribution is 6.00. The smallest absolute Gasteiger partial charge is 0.344 e. The fourth-order valence-electron chi connectivity index (χ4n) is 3.20. The molecular formula is C23H20N4O6. The van der Waals surface area contributed by atoms with Gasteiger partial charge in [0, 0.05) is 19.4 Å². The third-order valence-corrected chi connectivity index (χ3v) is 4.78. The van der Waals surface area contributed by atoms with Crippen molar-refractivity contribution in [1.82, 2.24) is 15.3 Å². The lowest BCUT2D eigenvalue weighted by Gasteiger charge is -2.33. The van der Waals surface area contributed by atoms with E-state index in [0.717, 1.165) is 0 Å². The van der Waals surface area contributed by atoms with Gasteiger partial charge in [-0.3, -0.25) is 14.6 Å². The van der Waals surface area contributed by atoms with Gasteiger partial charge >= 0.3 is 5.97 Å². The number of amides is 2. The minimum absolute atomic E-state index is 0.0185. The van der Waals surface area contributed by atoms with Gasteiger partial charge < -0.3 is 24.4 Å². The average molecular weight is 448 g/mol. The van der Waals surface area contributed by atoms with E-state index in [1.165, 1.54) is 30.4 Å². The molecule has 3 aromatic rings. The van der Waals surface area contributed by atoms with E-state index in [0.29, 0.717) is 17.2 Å². The topological polar surface area (TPSA) is 120 Å². The van der Waals surface area contributed by atoms with Gasteiger partial charge in [0.2, 0.25) is 5.88 Å². The van der Waals surface area contributed by atoms with Crippen LogP contribution in [0.15, 0.2) is 67.1 Å². The number of rotatable bonds is 6. The number of hydrogen-bond donors (Lipinski definition) is 1. The Bertz CT molecular complexity index is 1170. The molecule has 1 atom stereocenters. The zero-order valence-corrected chi connectivity index (χ0v) is 17.6. The molecule has 3 heterocycles. The van der Waals surface area contributed by atoms with E-state index < -0.39 is 24.6 Å². The standard InChI is InChI=1S/C23H20N4O6/c1-24-21(29)19-13-27(17-8-2-3-9-18(17)33-19)20(28)14-31-23(30)16-7-5-11-26-22(16)32-15-6-4-10-25-12-15/h2-12,19H,13-14H2,1H3,(H,24,29). The van der Waals surface area contributed by atoms with Crippen molar-refractivity contribution in [3.63, 3.8) is 0 Å². The number of likely N-dealkylation sites (N-methyl/N-ethyl adjacent to an activating group) is 1. The average Bonchev–Trinajstić information content (AvgIpc) is 2.86. The van der Waals surface area contributed by atoms with Crippen molar-refractivity contribution in [3.8, 4) is 17.4 Å². The molecule has 1 N–H and O–H groups in total. The minimum atomic E-state index is -0.887. The molecule has 0 bridgehead atoms. The Balaban J connectivity index is 1.47. The molecule has 0 saturated heterocycles. The maximum Gasteiger partial charge on any atom is 0.344 e. The number of ether oxygens (including phenoxy) is 3. The van der Waals surface area contributed by atoms with E-state index in [-0.39, 0.29) is 23.9 Å². The normalized spacial score (nSPS) is 14.5. The van der Waals surface area contributed by atoms with Crippen LogP contribution in [0.2, 0.25) is 0 Å². The summed E-state index contributed by atoms with van der Waals surface area (Å²) in [5, 5.41) is 2.51. The maximum atomic E-state index is 12.9. The van der Waals surface area contributed by atoms with Crippen molar-refractivity contribution in [2.24, 2.45) is 0 Å². The van der Waals surface area contributed by atoms with Gasteiger partial charge in [-0.05, 0) is 36.4 Å². The van der Waals surface area contributed by atoms with Gasteiger partial charge in [0.15, 0.2) is 12.7 Å². The maximum absolute atomic E-state index is 12.9. The summed E-state index contributed by atoms with van der Waals surface area (Å²) in [6.07, 6.45) is 3.65.